The van der Waals surface area contributed by atoms with Gasteiger partial charge >= 0.3 is 5.97 Å². The van der Waals surface area contributed by atoms with Crippen LogP contribution in [0.3, 0.4) is 0 Å². The van der Waals surface area contributed by atoms with Crippen LogP contribution in [-0.2, 0) is 9.59 Å². The van der Waals surface area contributed by atoms with E-state index >= 15 is 0 Å². The molecule has 0 aliphatic carbocycles. The fourth-order valence-electron chi connectivity index (χ4n) is 2.12. The van der Waals surface area contributed by atoms with Crippen LogP contribution in [0.5, 0.6) is 0 Å². The molecule has 6 nitrogen and oxygen atoms in total. The average Bonchev–Trinajstić information content (AvgIpc) is 2.52. The van der Waals surface area contributed by atoms with E-state index in [1.165, 1.54) is 4.90 Å². The number of likely N-dealkylation sites (N-methyl/N-ethyl adjacent to an activating group) is 1. The van der Waals surface area contributed by atoms with Gasteiger partial charge in [-0.1, -0.05) is 6.07 Å². The van der Waals surface area contributed by atoms with Crippen molar-refractivity contribution in [3.8, 4) is 0 Å². The Morgan fingerprint density at radius 3 is 2.30 bits per heavy atom. The van der Waals surface area contributed by atoms with E-state index in [-0.39, 0.29) is 0 Å². The molecule has 0 aromatic heterocycles. The minimum atomic E-state index is -1.11. The van der Waals surface area contributed by atoms with Gasteiger partial charge in [0, 0.05) is 43.3 Å². The van der Waals surface area contributed by atoms with Gasteiger partial charge in [-0.3, -0.25) is 9.59 Å². The van der Waals surface area contributed by atoms with Gasteiger partial charge in [0.15, 0.2) is 0 Å². The molecule has 0 aliphatic heterocycles. The maximum atomic E-state index is 12.2. The number of hydrogen-bond acceptors (Lipinski definition) is 4. The van der Waals surface area contributed by atoms with E-state index in [0.29, 0.717) is 30.5 Å². The van der Waals surface area contributed by atoms with Crippen molar-refractivity contribution in [2.24, 2.45) is 5.73 Å². The van der Waals surface area contributed by atoms with Gasteiger partial charge in [-0.25, -0.2) is 0 Å². The second-order valence-electron chi connectivity index (χ2n) is 4.99. The van der Waals surface area contributed by atoms with Crippen LogP contribution in [0.2, 0.25) is 0 Å². The zero-order valence-electron chi connectivity index (χ0n) is 12.9. The van der Waals surface area contributed by atoms with Crippen molar-refractivity contribution >= 4 is 46.5 Å². The molecular weight excluding hydrogens is 341 g/mol. The first-order chi connectivity index (χ1) is 10.9. The Labute approximate surface area is 145 Å². The molecule has 23 heavy (non-hydrogen) atoms. The molecule has 0 bridgehead atoms. The quantitative estimate of drug-likeness (QED) is 0.654. The average molecular weight is 362 g/mol. The van der Waals surface area contributed by atoms with Crippen LogP contribution in [0.4, 0.5) is 11.4 Å². The Morgan fingerprint density at radius 1 is 1.22 bits per heavy atom. The number of anilines is 2. The van der Waals surface area contributed by atoms with Gasteiger partial charge in [0.1, 0.15) is 0 Å². The molecule has 3 N–H and O–H groups in total. The monoisotopic (exact) mass is 361 g/mol. The van der Waals surface area contributed by atoms with E-state index in [9.17, 15) is 9.59 Å². The summed E-state index contributed by atoms with van der Waals surface area (Å²) >= 11 is 11.6. The van der Waals surface area contributed by atoms with E-state index in [4.69, 9.17) is 34.0 Å². The number of rotatable bonds is 9. The summed E-state index contributed by atoms with van der Waals surface area (Å²) < 4.78 is 0. The number of alkyl halides is 2. The number of carboxylic acid groups (broad SMARTS) is 1. The fourth-order valence-corrected chi connectivity index (χ4v) is 2.53. The number of amides is 1. The first kappa shape index (κ1) is 19.5. The predicted molar refractivity (Wildman–Crippen MR) is 93.7 cm³/mol. The summed E-state index contributed by atoms with van der Waals surface area (Å²) in [6.45, 7) is 1.27. The molecule has 0 spiro atoms. The van der Waals surface area contributed by atoms with Crippen molar-refractivity contribution in [1.29, 1.82) is 0 Å². The highest BCUT2D eigenvalue weighted by molar-refractivity contribution is 6.18. The van der Waals surface area contributed by atoms with Crippen LogP contribution < -0.4 is 15.5 Å². The van der Waals surface area contributed by atoms with Crippen LogP contribution >= 0.6 is 23.2 Å². The molecule has 0 aliphatic rings. The van der Waals surface area contributed by atoms with Crippen molar-refractivity contribution in [2.75, 3.05) is 41.7 Å². The van der Waals surface area contributed by atoms with Gasteiger partial charge in [-0.15, -0.1) is 23.2 Å². The zero-order valence-corrected chi connectivity index (χ0v) is 14.4. The Kier molecular flexibility index (Phi) is 8.16. The third-order valence-corrected chi connectivity index (χ3v) is 3.67. The largest absolute Gasteiger partial charge is 0.481 e. The first-order valence-electron chi connectivity index (χ1n) is 7.12. The summed E-state index contributed by atoms with van der Waals surface area (Å²) in [5.41, 5.74) is 7.14. The third-order valence-electron chi connectivity index (χ3n) is 3.33. The van der Waals surface area contributed by atoms with E-state index < -0.39 is 24.3 Å². The second-order valence-corrected chi connectivity index (χ2v) is 5.74. The molecule has 0 heterocycles. The Hall–Kier alpha value is -1.50. The normalized spacial score (nSPS) is 11.8. The molecule has 1 aromatic carbocycles. The van der Waals surface area contributed by atoms with Gasteiger partial charge in [0.2, 0.25) is 5.91 Å². The molecule has 128 valence electrons. The minimum Gasteiger partial charge on any atom is -0.481 e. The molecule has 0 saturated heterocycles. The molecule has 1 amide bonds. The summed E-state index contributed by atoms with van der Waals surface area (Å²) in [5.74, 6) is -0.646. The van der Waals surface area contributed by atoms with Crippen molar-refractivity contribution in [3.05, 3.63) is 24.3 Å². The standard InChI is InChI=1S/C15H21Cl2N3O3/c1-19(15(23)13(18)10-14(21)22)11-3-2-4-12(9-11)20(7-5-16)8-6-17/h2-4,9,13H,5-8,10,18H2,1H3,(H,21,22). The minimum absolute atomic E-state index is 0.409. The van der Waals surface area contributed by atoms with Crippen molar-refractivity contribution in [1.82, 2.24) is 0 Å². The lowest BCUT2D eigenvalue weighted by molar-refractivity contribution is -0.139. The lowest BCUT2D eigenvalue weighted by Gasteiger charge is -2.26. The lowest BCUT2D eigenvalue weighted by atomic mass is 10.1. The second kappa shape index (κ2) is 9.60. The highest BCUT2D eigenvalue weighted by Crippen LogP contribution is 2.22. The van der Waals surface area contributed by atoms with Gasteiger partial charge in [0.05, 0.1) is 12.5 Å². The number of nitrogens with zero attached hydrogens (tertiary/aromatic N) is 2. The van der Waals surface area contributed by atoms with Crippen LogP contribution in [0, 0.1) is 0 Å². The van der Waals surface area contributed by atoms with E-state index in [0.717, 1.165) is 5.69 Å². The molecule has 0 fully saturated rings. The Bertz CT molecular complexity index is 536. The summed E-state index contributed by atoms with van der Waals surface area (Å²) in [7, 11) is 1.57. The van der Waals surface area contributed by atoms with Gasteiger partial charge < -0.3 is 20.6 Å². The van der Waals surface area contributed by atoms with Crippen molar-refractivity contribution in [2.45, 2.75) is 12.5 Å². The number of aliphatic carboxylic acids is 1. The molecule has 0 saturated carbocycles. The highest BCUT2D eigenvalue weighted by atomic mass is 35.5. The summed E-state index contributed by atoms with van der Waals surface area (Å²) in [4.78, 5) is 26.2. The van der Waals surface area contributed by atoms with E-state index in [1.54, 1.807) is 13.1 Å². The number of hydrogen-bond donors (Lipinski definition) is 2. The van der Waals surface area contributed by atoms with Crippen molar-refractivity contribution < 1.29 is 14.7 Å². The van der Waals surface area contributed by atoms with Crippen LogP contribution in [0.15, 0.2) is 24.3 Å². The van der Waals surface area contributed by atoms with E-state index in [2.05, 4.69) is 0 Å². The topological polar surface area (TPSA) is 86.9 Å². The Morgan fingerprint density at radius 2 is 1.78 bits per heavy atom. The molecule has 1 atom stereocenters. The number of carbonyl (C=O) groups is 2. The summed E-state index contributed by atoms with van der Waals surface area (Å²) in [6.07, 6.45) is -0.409. The molecule has 1 aromatic rings. The van der Waals surface area contributed by atoms with Gasteiger partial charge in [-0.2, -0.15) is 0 Å². The lowest BCUT2D eigenvalue weighted by Crippen LogP contribution is -2.43. The van der Waals surface area contributed by atoms with Crippen LogP contribution in [0.25, 0.3) is 0 Å². The molecule has 1 unspecified atom stereocenters. The molecule has 1 rings (SSSR count). The third kappa shape index (κ3) is 5.89. The van der Waals surface area contributed by atoms with Crippen LogP contribution in [0.1, 0.15) is 6.42 Å². The first-order valence-corrected chi connectivity index (χ1v) is 8.19. The number of nitrogens with two attached hydrogens (primary N) is 1. The molecular formula is C15H21Cl2N3O3. The summed E-state index contributed by atoms with van der Waals surface area (Å²) in [6, 6.07) is 6.21. The number of carboxylic acids is 1. The van der Waals surface area contributed by atoms with Crippen molar-refractivity contribution in [3.63, 3.8) is 0 Å². The maximum Gasteiger partial charge on any atom is 0.305 e. The van der Waals surface area contributed by atoms with Gasteiger partial charge in [-0.05, 0) is 18.2 Å². The van der Waals surface area contributed by atoms with E-state index in [1.807, 2.05) is 23.1 Å². The molecule has 0 radical (unpaired) electrons. The number of halogens is 2. The summed E-state index contributed by atoms with van der Waals surface area (Å²) in [5, 5.41) is 8.74. The zero-order chi connectivity index (χ0) is 17.4. The SMILES string of the molecule is CN(C(=O)C(N)CC(=O)O)c1cccc(N(CCCl)CCCl)c1. The Balaban J connectivity index is 2.93. The predicted octanol–water partition coefficient (Wildman–Crippen LogP) is 1.74. The van der Waals surface area contributed by atoms with Gasteiger partial charge in [0.25, 0.3) is 0 Å². The maximum absolute atomic E-state index is 12.2. The number of carbonyl (C=O) groups excluding carboxylic acids is 1. The fraction of sp³-hybridized carbons (Fsp3) is 0.467. The number of benzene rings is 1. The highest BCUT2D eigenvalue weighted by Gasteiger charge is 2.22. The van der Waals surface area contributed by atoms with Crippen LogP contribution in [-0.4, -0.2) is 54.9 Å². The molecule has 8 heteroatoms. The smallest absolute Gasteiger partial charge is 0.305 e.